The summed E-state index contributed by atoms with van der Waals surface area (Å²) in [5.74, 6) is -1.74. The van der Waals surface area contributed by atoms with Crippen molar-refractivity contribution in [2.24, 2.45) is 0 Å². The Hall–Kier alpha value is -2.57. The normalized spacial score (nSPS) is 10.1. The van der Waals surface area contributed by atoms with Crippen LogP contribution in [-0.2, 0) is 4.79 Å². The molecule has 7 heteroatoms. The van der Waals surface area contributed by atoms with Gasteiger partial charge in [0.05, 0.1) is 12.8 Å². The lowest BCUT2D eigenvalue weighted by Crippen LogP contribution is -2.01. The van der Waals surface area contributed by atoms with E-state index in [-0.39, 0.29) is 11.8 Å². The number of amides is 1. The fourth-order valence-corrected chi connectivity index (χ4v) is 1.45. The minimum absolute atomic E-state index is 0.00610. The second kappa shape index (κ2) is 5.38. The summed E-state index contributed by atoms with van der Waals surface area (Å²) in [6.07, 6.45) is 0.441. The molecule has 0 atom stereocenters. The smallest absolute Gasteiger partial charge is 0.318 e. The van der Waals surface area contributed by atoms with Gasteiger partial charge in [-0.1, -0.05) is 0 Å². The van der Waals surface area contributed by atoms with Crippen molar-refractivity contribution >= 4 is 12.2 Å². The molecule has 0 aliphatic rings. The molecule has 0 unspecified atom stereocenters. The Kier molecular flexibility index (Phi) is 3.65. The summed E-state index contributed by atoms with van der Waals surface area (Å²) in [5, 5.41) is 2.34. The second-order valence-corrected chi connectivity index (χ2v) is 3.52. The van der Waals surface area contributed by atoms with Gasteiger partial charge in [0.15, 0.2) is 11.6 Å². The number of aromatic nitrogens is 2. The number of benzene rings is 1. The summed E-state index contributed by atoms with van der Waals surface area (Å²) in [6.45, 7) is 0. The number of carbonyl (C=O) groups is 1. The first-order valence-corrected chi connectivity index (χ1v) is 5.22. The van der Waals surface area contributed by atoms with Gasteiger partial charge in [-0.2, -0.15) is 9.97 Å². The number of halogens is 2. The lowest BCUT2D eigenvalue weighted by Gasteiger charge is -2.06. The molecule has 0 saturated carbocycles. The molecule has 1 aromatic carbocycles. The average molecular weight is 265 g/mol. The van der Waals surface area contributed by atoms with Crippen LogP contribution in [0.2, 0.25) is 0 Å². The van der Waals surface area contributed by atoms with Crippen LogP contribution in [0.4, 0.5) is 14.6 Å². The van der Waals surface area contributed by atoms with Gasteiger partial charge in [-0.25, -0.2) is 8.78 Å². The summed E-state index contributed by atoms with van der Waals surface area (Å²) in [7, 11) is 1.36. The highest BCUT2D eigenvalue weighted by Crippen LogP contribution is 2.23. The maximum atomic E-state index is 13.2. The van der Waals surface area contributed by atoms with E-state index in [2.05, 4.69) is 15.3 Å². The highest BCUT2D eigenvalue weighted by atomic mass is 19.2. The van der Waals surface area contributed by atoms with Crippen molar-refractivity contribution in [1.29, 1.82) is 0 Å². The molecule has 19 heavy (non-hydrogen) atoms. The Balaban J connectivity index is 2.50. The lowest BCUT2D eigenvalue weighted by molar-refractivity contribution is -0.105. The number of methoxy groups -OCH3 is 1. The molecule has 0 spiro atoms. The predicted octanol–water partition coefficient (Wildman–Crippen LogP) is 2.00. The van der Waals surface area contributed by atoms with Crippen LogP contribution in [-0.4, -0.2) is 23.5 Å². The summed E-state index contributed by atoms with van der Waals surface area (Å²) < 4.78 is 30.9. The van der Waals surface area contributed by atoms with Crippen molar-refractivity contribution < 1.29 is 18.3 Å². The maximum Gasteiger partial charge on any atom is 0.318 e. The van der Waals surface area contributed by atoms with E-state index in [1.54, 1.807) is 0 Å². The number of hydrogen-bond donors (Lipinski definition) is 1. The van der Waals surface area contributed by atoms with E-state index in [0.717, 1.165) is 12.1 Å². The van der Waals surface area contributed by atoms with Crippen molar-refractivity contribution in [3.05, 3.63) is 35.9 Å². The Morgan fingerprint density at radius 1 is 1.21 bits per heavy atom. The molecule has 0 radical (unpaired) electrons. The molecule has 1 N–H and O–H groups in total. The molecule has 1 amide bonds. The van der Waals surface area contributed by atoms with Gasteiger partial charge < -0.3 is 10.1 Å². The molecule has 2 aromatic rings. The number of carbonyl (C=O) groups excluding carboxylic acids is 1. The van der Waals surface area contributed by atoms with E-state index in [1.807, 2.05) is 0 Å². The number of ether oxygens (including phenoxy) is 1. The van der Waals surface area contributed by atoms with Crippen LogP contribution in [0.5, 0.6) is 6.01 Å². The Morgan fingerprint density at radius 2 is 2.00 bits per heavy atom. The van der Waals surface area contributed by atoms with Gasteiger partial charge in [0.2, 0.25) is 6.41 Å². The van der Waals surface area contributed by atoms with E-state index in [9.17, 15) is 13.6 Å². The van der Waals surface area contributed by atoms with Crippen molar-refractivity contribution in [3.8, 4) is 17.3 Å². The van der Waals surface area contributed by atoms with Crippen LogP contribution < -0.4 is 10.1 Å². The van der Waals surface area contributed by atoms with Crippen LogP contribution in [0.25, 0.3) is 11.3 Å². The zero-order valence-corrected chi connectivity index (χ0v) is 9.85. The van der Waals surface area contributed by atoms with E-state index >= 15 is 0 Å². The largest absolute Gasteiger partial charge is 0.467 e. The van der Waals surface area contributed by atoms with Crippen LogP contribution in [0.1, 0.15) is 0 Å². The molecule has 5 nitrogen and oxygen atoms in total. The highest BCUT2D eigenvalue weighted by Gasteiger charge is 2.09. The number of anilines is 1. The quantitative estimate of drug-likeness (QED) is 0.859. The fourth-order valence-electron chi connectivity index (χ4n) is 1.45. The minimum atomic E-state index is -0.986. The third kappa shape index (κ3) is 2.82. The van der Waals surface area contributed by atoms with Crippen molar-refractivity contribution in [3.63, 3.8) is 0 Å². The molecule has 0 saturated heterocycles. The van der Waals surface area contributed by atoms with E-state index < -0.39 is 11.6 Å². The first-order chi connectivity index (χ1) is 9.13. The van der Waals surface area contributed by atoms with Crippen molar-refractivity contribution in [2.45, 2.75) is 0 Å². The first-order valence-electron chi connectivity index (χ1n) is 5.22. The van der Waals surface area contributed by atoms with Gasteiger partial charge in [-0.15, -0.1) is 0 Å². The molecule has 2 rings (SSSR count). The van der Waals surface area contributed by atoms with Crippen LogP contribution in [0.3, 0.4) is 0 Å². The van der Waals surface area contributed by atoms with Gasteiger partial charge >= 0.3 is 6.01 Å². The Morgan fingerprint density at radius 3 is 2.63 bits per heavy atom. The monoisotopic (exact) mass is 265 g/mol. The fraction of sp³-hybridized carbons (Fsp3) is 0.0833. The molecule has 1 aromatic heterocycles. The van der Waals surface area contributed by atoms with E-state index in [1.165, 1.54) is 19.2 Å². The van der Waals surface area contributed by atoms with E-state index in [0.29, 0.717) is 17.7 Å². The molecule has 98 valence electrons. The van der Waals surface area contributed by atoms with E-state index in [4.69, 9.17) is 4.74 Å². The molecule has 0 aliphatic carbocycles. The molecular weight excluding hydrogens is 256 g/mol. The van der Waals surface area contributed by atoms with Crippen LogP contribution in [0, 0.1) is 11.6 Å². The van der Waals surface area contributed by atoms with Gasteiger partial charge in [0.1, 0.15) is 5.82 Å². The first kappa shape index (κ1) is 12.9. The molecule has 0 aliphatic heterocycles. The summed E-state index contributed by atoms with van der Waals surface area (Å²) in [5.41, 5.74) is 0.642. The average Bonchev–Trinajstić information content (AvgIpc) is 2.42. The van der Waals surface area contributed by atoms with Crippen molar-refractivity contribution in [2.75, 3.05) is 12.4 Å². The number of nitrogens with one attached hydrogen (secondary N) is 1. The number of rotatable bonds is 4. The Labute approximate surface area is 107 Å². The number of hydrogen-bond acceptors (Lipinski definition) is 4. The van der Waals surface area contributed by atoms with Crippen LogP contribution >= 0.6 is 0 Å². The second-order valence-electron chi connectivity index (χ2n) is 3.52. The van der Waals surface area contributed by atoms with Gasteiger partial charge in [-0.05, 0) is 18.2 Å². The third-order valence-electron chi connectivity index (χ3n) is 2.31. The highest BCUT2D eigenvalue weighted by molar-refractivity contribution is 5.72. The Bertz CT molecular complexity index is 620. The lowest BCUT2D eigenvalue weighted by atomic mass is 10.1. The van der Waals surface area contributed by atoms with Gasteiger partial charge in [0, 0.05) is 11.6 Å². The molecule has 1 heterocycles. The third-order valence-corrected chi connectivity index (χ3v) is 2.31. The summed E-state index contributed by atoms with van der Waals surface area (Å²) in [6, 6.07) is 4.79. The zero-order valence-electron chi connectivity index (χ0n) is 9.85. The minimum Gasteiger partial charge on any atom is -0.467 e. The van der Waals surface area contributed by atoms with Crippen LogP contribution in [0.15, 0.2) is 24.3 Å². The predicted molar refractivity (Wildman–Crippen MR) is 63.6 cm³/mol. The van der Waals surface area contributed by atoms with Gasteiger partial charge in [-0.3, -0.25) is 4.79 Å². The maximum absolute atomic E-state index is 13.2. The zero-order chi connectivity index (χ0) is 13.8. The van der Waals surface area contributed by atoms with Gasteiger partial charge in [0.25, 0.3) is 0 Å². The molecular formula is C12H9F2N3O2. The topological polar surface area (TPSA) is 64.1 Å². The summed E-state index contributed by atoms with van der Waals surface area (Å²) >= 11 is 0. The summed E-state index contributed by atoms with van der Waals surface area (Å²) in [4.78, 5) is 18.3. The van der Waals surface area contributed by atoms with Crippen molar-refractivity contribution in [1.82, 2.24) is 9.97 Å². The molecule has 0 bridgehead atoms. The molecule has 0 fully saturated rings. The standard InChI is InChI=1S/C12H9F2N3O2/c1-19-12-16-10(5-11(17-12)15-6-18)7-2-3-8(13)9(14)4-7/h2-6H,1H3,(H,15,16,17,18). The SMILES string of the molecule is COc1nc(NC=O)cc(-c2ccc(F)c(F)c2)n1. The number of nitrogens with zero attached hydrogens (tertiary/aromatic N) is 2.